The molecule has 2 aliphatic heterocycles. The van der Waals surface area contributed by atoms with Gasteiger partial charge in [-0.3, -0.25) is 9.69 Å². The van der Waals surface area contributed by atoms with Crippen LogP contribution in [0.25, 0.3) is 0 Å². The molecule has 0 spiro atoms. The van der Waals surface area contributed by atoms with Crippen LogP contribution in [0.2, 0.25) is 0 Å². The van der Waals surface area contributed by atoms with E-state index in [0.29, 0.717) is 6.04 Å². The lowest BCUT2D eigenvalue weighted by molar-refractivity contribution is 0.0826. The van der Waals surface area contributed by atoms with Crippen LogP contribution < -0.4 is 10.1 Å². The van der Waals surface area contributed by atoms with Gasteiger partial charge in [0.2, 0.25) is 0 Å². The number of nitrogens with zero attached hydrogens (tertiary/aromatic N) is 1. The Kier molecular flexibility index (Phi) is 5.05. The maximum atomic E-state index is 13.0. The van der Waals surface area contributed by atoms with E-state index < -0.39 is 0 Å². The lowest BCUT2D eigenvalue weighted by atomic mass is 10.0. The Labute approximate surface area is 155 Å². The fraction of sp³-hybridized carbons (Fsp3) is 0.409. The summed E-state index contributed by atoms with van der Waals surface area (Å²) in [6.45, 7) is 5.15. The second-order valence-corrected chi connectivity index (χ2v) is 7.35. The topological polar surface area (TPSA) is 41.6 Å². The zero-order valence-corrected chi connectivity index (χ0v) is 15.3. The predicted molar refractivity (Wildman–Crippen MR) is 103 cm³/mol. The van der Waals surface area contributed by atoms with Gasteiger partial charge in [0.05, 0.1) is 6.04 Å². The minimum absolute atomic E-state index is 0.0310. The molecule has 2 atom stereocenters. The van der Waals surface area contributed by atoms with Crippen molar-refractivity contribution in [1.29, 1.82) is 0 Å². The third-order valence-corrected chi connectivity index (χ3v) is 5.46. The Bertz CT molecular complexity index is 766. The molecule has 4 nitrogen and oxygen atoms in total. The van der Waals surface area contributed by atoms with Crippen molar-refractivity contribution >= 4 is 5.78 Å². The van der Waals surface area contributed by atoms with Gasteiger partial charge in [-0.25, -0.2) is 0 Å². The Balaban J connectivity index is 1.45. The van der Waals surface area contributed by atoms with Crippen molar-refractivity contribution in [2.75, 3.05) is 19.6 Å². The van der Waals surface area contributed by atoms with E-state index in [4.69, 9.17) is 4.74 Å². The first-order valence-corrected chi connectivity index (χ1v) is 9.56. The summed E-state index contributed by atoms with van der Waals surface area (Å²) in [7, 11) is 0. The van der Waals surface area contributed by atoms with Gasteiger partial charge in [-0.15, -0.1) is 0 Å². The standard InChI is InChI=1S/C22H26N2O2/c1-16-4-2-5-20(14-16)26-19-9-7-17(8-10-19)22(25)21-6-3-13-24(21)18-11-12-23-15-18/h2,4-5,7-10,14,18,21,23H,3,6,11-13,15H2,1H3. The van der Waals surface area contributed by atoms with E-state index in [1.54, 1.807) is 0 Å². The van der Waals surface area contributed by atoms with E-state index in [-0.39, 0.29) is 11.8 Å². The molecule has 4 heteroatoms. The van der Waals surface area contributed by atoms with Crippen molar-refractivity contribution in [3.63, 3.8) is 0 Å². The van der Waals surface area contributed by atoms with E-state index in [1.807, 2.05) is 55.5 Å². The van der Waals surface area contributed by atoms with Crippen molar-refractivity contribution in [3.05, 3.63) is 59.7 Å². The molecule has 0 aliphatic carbocycles. The Morgan fingerprint density at radius 2 is 1.96 bits per heavy atom. The predicted octanol–water partition coefficient (Wildman–Crippen LogP) is 3.80. The van der Waals surface area contributed by atoms with Crippen LogP contribution in [0.15, 0.2) is 48.5 Å². The van der Waals surface area contributed by atoms with Crippen molar-refractivity contribution in [2.24, 2.45) is 0 Å². The van der Waals surface area contributed by atoms with Crippen molar-refractivity contribution < 1.29 is 9.53 Å². The summed E-state index contributed by atoms with van der Waals surface area (Å²) in [6, 6.07) is 16.1. The molecule has 2 unspecified atom stereocenters. The number of ketones is 1. The lowest BCUT2D eigenvalue weighted by Crippen LogP contribution is -2.44. The van der Waals surface area contributed by atoms with Gasteiger partial charge >= 0.3 is 0 Å². The first-order chi connectivity index (χ1) is 12.7. The van der Waals surface area contributed by atoms with Crippen molar-refractivity contribution in [3.8, 4) is 11.5 Å². The molecule has 4 rings (SSSR count). The Hall–Kier alpha value is -2.17. The maximum Gasteiger partial charge on any atom is 0.179 e. The quantitative estimate of drug-likeness (QED) is 0.833. The van der Waals surface area contributed by atoms with Gasteiger partial charge < -0.3 is 10.1 Å². The number of carbonyl (C=O) groups is 1. The average molecular weight is 350 g/mol. The second kappa shape index (κ2) is 7.60. The molecule has 0 radical (unpaired) electrons. The van der Waals surface area contributed by atoms with Crippen LogP contribution in [-0.4, -0.2) is 42.4 Å². The fourth-order valence-corrected chi connectivity index (χ4v) is 4.12. The fourth-order valence-electron chi connectivity index (χ4n) is 4.12. The minimum Gasteiger partial charge on any atom is -0.457 e. The molecular formula is C22H26N2O2. The number of nitrogens with one attached hydrogen (secondary N) is 1. The summed E-state index contributed by atoms with van der Waals surface area (Å²) in [5.41, 5.74) is 1.95. The maximum absolute atomic E-state index is 13.0. The van der Waals surface area contributed by atoms with Crippen LogP contribution in [-0.2, 0) is 0 Å². The van der Waals surface area contributed by atoms with E-state index >= 15 is 0 Å². The highest BCUT2D eigenvalue weighted by molar-refractivity contribution is 6.00. The van der Waals surface area contributed by atoms with Crippen LogP contribution in [0, 0.1) is 6.92 Å². The van der Waals surface area contributed by atoms with Crippen molar-refractivity contribution in [1.82, 2.24) is 10.2 Å². The molecule has 2 aromatic carbocycles. The number of rotatable bonds is 5. The number of ether oxygens (including phenoxy) is 1. The Morgan fingerprint density at radius 1 is 1.12 bits per heavy atom. The molecule has 2 saturated heterocycles. The lowest BCUT2D eigenvalue weighted by Gasteiger charge is -2.29. The number of aryl methyl sites for hydroxylation is 1. The first-order valence-electron chi connectivity index (χ1n) is 9.56. The third-order valence-electron chi connectivity index (χ3n) is 5.46. The highest BCUT2D eigenvalue weighted by atomic mass is 16.5. The van der Waals surface area contributed by atoms with Gasteiger partial charge in [-0.2, -0.15) is 0 Å². The normalized spacial score (nSPS) is 23.3. The molecule has 136 valence electrons. The zero-order valence-electron chi connectivity index (χ0n) is 15.3. The highest BCUT2D eigenvalue weighted by Crippen LogP contribution is 2.27. The van der Waals surface area contributed by atoms with E-state index in [9.17, 15) is 4.79 Å². The summed E-state index contributed by atoms with van der Waals surface area (Å²) in [4.78, 5) is 15.4. The number of likely N-dealkylation sites (tertiary alicyclic amines) is 1. The summed E-state index contributed by atoms with van der Waals surface area (Å²) < 4.78 is 5.89. The number of Topliss-reactive ketones (excluding diaryl/α,β-unsaturated/α-hetero) is 1. The van der Waals surface area contributed by atoms with Gasteiger partial charge in [0.25, 0.3) is 0 Å². The molecular weight excluding hydrogens is 324 g/mol. The number of carbonyl (C=O) groups excluding carboxylic acids is 1. The van der Waals surface area contributed by atoms with E-state index in [2.05, 4.69) is 10.2 Å². The molecule has 1 N–H and O–H groups in total. The molecule has 26 heavy (non-hydrogen) atoms. The monoisotopic (exact) mass is 350 g/mol. The van der Waals surface area contributed by atoms with E-state index in [1.165, 1.54) is 0 Å². The third kappa shape index (κ3) is 3.67. The first kappa shape index (κ1) is 17.3. The molecule has 2 aliphatic rings. The summed E-state index contributed by atoms with van der Waals surface area (Å²) in [6.07, 6.45) is 3.23. The van der Waals surface area contributed by atoms with Crippen molar-refractivity contribution in [2.45, 2.75) is 38.3 Å². The second-order valence-electron chi connectivity index (χ2n) is 7.35. The smallest absolute Gasteiger partial charge is 0.179 e. The van der Waals surface area contributed by atoms with Gasteiger partial charge in [-0.1, -0.05) is 12.1 Å². The summed E-state index contributed by atoms with van der Waals surface area (Å²) >= 11 is 0. The Morgan fingerprint density at radius 3 is 2.69 bits per heavy atom. The molecule has 2 heterocycles. The van der Waals surface area contributed by atoms with Crippen LogP contribution >= 0.6 is 0 Å². The average Bonchev–Trinajstić information content (AvgIpc) is 3.33. The van der Waals surface area contributed by atoms with Gasteiger partial charge in [-0.05, 0) is 81.2 Å². The number of hydrogen-bond donors (Lipinski definition) is 1. The van der Waals surface area contributed by atoms with Crippen LogP contribution in [0.3, 0.4) is 0 Å². The number of benzene rings is 2. The van der Waals surface area contributed by atoms with Crippen LogP contribution in [0.5, 0.6) is 11.5 Å². The van der Waals surface area contributed by atoms with Crippen LogP contribution in [0.4, 0.5) is 0 Å². The highest BCUT2D eigenvalue weighted by Gasteiger charge is 2.36. The molecule has 0 bridgehead atoms. The van der Waals surface area contributed by atoms with Crippen LogP contribution in [0.1, 0.15) is 35.2 Å². The SMILES string of the molecule is Cc1cccc(Oc2ccc(C(=O)C3CCCN3C3CCNC3)cc2)c1. The molecule has 2 fully saturated rings. The molecule has 0 aromatic heterocycles. The van der Waals surface area contributed by atoms with E-state index in [0.717, 1.165) is 61.5 Å². The largest absolute Gasteiger partial charge is 0.457 e. The molecule has 2 aromatic rings. The minimum atomic E-state index is 0.0310. The molecule has 0 amide bonds. The van der Waals surface area contributed by atoms with Gasteiger partial charge in [0.15, 0.2) is 5.78 Å². The van der Waals surface area contributed by atoms with Gasteiger partial charge in [0, 0.05) is 18.2 Å². The summed E-state index contributed by atoms with van der Waals surface area (Å²) in [5, 5.41) is 3.41. The number of hydrogen-bond acceptors (Lipinski definition) is 4. The zero-order chi connectivity index (χ0) is 17.9. The summed E-state index contributed by atoms with van der Waals surface area (Å²) in [5.74, 6) is 1.83. The molecule has 0 saturated carbocycles. The van der Waals surface area contributed by atoms with Gasteiger partial charge in [0.1, 0.15) is 11.5 Å².